The van der Waals surface area contributed by atoms with Crippen molar-refractivity contribution in [2.24, 2.45) is 40.9 Å². The molecule has 1 aromatic heterocycles. The molecule has 1 heterocycles. The normalized spacial score (nSPS) is 46.8. The van der Waals surface area contributed by atoms with E-state index >= 15 is 0 Å². The maximum absolute atomic E-state index is 10.9. The van der Waals surface area contributed by atoms with Gasteiger partial charge >= 0.3 is 0 Å². The molecule has 0 bridgehead atoms. The molecule has 0 aliphatic heterocycles. The van der Waals surface area contributed by atoms with Crippen LogP contribution >= 0.6 is 0 Å². The smallest absolute Gasteiger partial charge is 0.148 e. The first kappa shape index (κ1) is 20.0. The molecule has 0 radical (unpaired) electrons. The summed E-state index contributed by atoms with van der Waals surface area (Å²) in [5.41, 5.74) is 0.165. The Labute approximate surface area is 176 Å². The van der Waals surface area contributed by atoms with Crippen LogP contribution in [0.25, 0.3) is 0 Å². The quantitative estimate of drug-likeness (QED) is 0.790. The Balaban J connectivity index is 1.27. The van der Waals surface area contributed by atoms with E-state index in [0.717, 1.165) is 67.1 Å². The number of nitrogens with zero attached hydrogens (tertiary/aromatic N) is 4. The molecule has 0 spiro atoms. The van der Waals surface area contributed by atoms with Crippen LogP contribution in [0.4, 0.5) is 0 Å². The fourth-order valence-electron chi connectivity index (χ4n) is 8.60. The summed E-state index contributed by atoms with van der Waals surface area (Å²) in [5.74, 6) is 6.26. The van der Waals surface area contributed by atoms with Crippen molar-refractivity contribution in [3.63, 3.8) is 0 Å². The SMILES string of the molecule is CC[C@@]1(O)CC[C@H]2[C@@H](CC[C@@H]3[C@@H]2CC[C@]2(C)[C@@H](CCn4nnnc4C)CC[C@@H]32)C1. The third-order valence-corrected chi connectivity index (χ3v) is 10.4. The van der Waals surface area contributed by atoms with Crippen molar-refractivity contribution in [1.82, 2.24) is 20.2 Å². The second-order valence-electron chi connectivity index (χ2n) is 11.3. The van der Waals surface area contributed by atoms with E-state index in [2.05, 4.69) is 29.4 Å². The van der Waals surface area contributed by atoms with E-state index in [0.29, 0.717) is 5.41 Å². The van der Waals surface area contributed by atoms with Crippen molar-refractivity contribution in [3.05, 3.63) is 5.82 Å². The fraction of sp³-hybridized carbons (Fsp3) is 0.958. The van der Waals surface area contributed by atoms with Gasteiger partial charge in [-0.15, -0.1) is 5.10 Å². The molecule has 0 saturated heterocycles. The Morgan fingerprint density at radius 1 is 1.03 bits per heavy atom. The highest BCUT2D eigenvalue weighted by molar-refractivity contribution is 5.07. The molecule has 4 aliphatic rings. The third-order valence-electron chi connectivity index (χ3n) is 10.4. The summed E-state index contributed by atoms with van der Waals surface area (Å²) < 4.78 is 1.99. The van der Waals surface area contributed by atoms with Crippen LogP contribution < -0.4 is 0 Å². The number of tetrazole rings is 1. The topological polar surface area (TPSA) is 63.8 Å². The molecule has 29 heavy (non-hydrogen) atoms. The number of hydrogen-bond donors (Lipinski definition) is 1. The Kier molecular flexibility index (Phi) is 5.04. The summed E-state index contributed by atoms with van der Waals surface area (Å²) in [6.45, 7) is 7.78. The largest absolute Gasteiger partial charge is 0.390 e. The maximum Gasteiger partial charge on any atom is 0.148 e. The second kappa shape index (κ2) is 7.32. The molecule has 162 valence electrons. The molecular formula is C24H40N4O. The molecule has 4 fully saturated rings. The molecular weight excluding hydrogens is 360 g/mol. The predicted molar refractivity (Wildman–Crippen MR) is 113 cm³/mol. The van der Waals surface area contributed by atoms with Gasteiger partial charge in [0, 0.05) is 6.54 Å². The molecule has 1 aromatic rings. The van der Waals surface area contributed by atoms with E-state index in [-0.39, 0.29) is 5.60 Å². The lowest BCUT2D eigenvalue weighted by Crippen LogP contribution is -2.50. The summed E-state index contributed by atoms with van der Waals surface area (Å²) in [6, 6.07) is 0. The van der Waals surface area contributed by atoms with E-state index in [1.807, 2.05) is 11.6 Å². The Morgan fingerprint density at radius 2 is 1.86 bits per heavy atom. The Bertz CT molecular complexity index is 734. The van der Waals surface area contributed by atoms with Gasteiger partial charge in [0.1, 0.15) is 5.82 Å². The van der Waals surface area contributed by atoms with Crippen molar-refractivity contribution >= 4 is 0 Å². The number of hydrogen-bond acceptors (Lipinski definition) is 4. The minimum absolute atomic E-state index is 0.357. The van der Waals surface area contributed by atoms with Gasteiger partial charge in [0.05, 0.1) is 5.60 Å². The molecule has 5 heteroatoms. The lowest BCUT2D eigenvalue weighted by Gasteiger charge is -2.57. The zero-order chi connectivity index (χ0) is 20.2. The van der Waals surface area contributed by atoms with Gasteiger partial charge < -0.3 is 5.11 Å². The van der Waals surface area contributed by atoms with Gasteiger partial charge in [-0.3, -0.25) is 0 Å². The van der Waals surface area contributed by atoms with Crippen LogP contribution in [-0.2, 0) is 6.54 Å². The lowest BCUT2D eigenvalue weighted by molar-refractivity contribution is -0.107. The minimum atomic E-state index is -0.357. The monoisotopic (exact) mass is 400 g/mol. The fourth-order valence-corrected chi connectivity index (χ4v) is 8.60. The minimum Gasteiger partial charge on any atom is -0.390 e. The van der Waals surface area contributed by atoms with Gasteiger partial charge in [-0.05, 0) is 129 Å². The molecule has 5 rings (SSSR count). The first-order valence-corrected chi connectivity index (χ1v) is 12.4. The molecule has 5 nitrogen and oxygen atoms in total. The van der Waals surface area contributed by atoms with Crippen LogP contribution in [0.1, 0.15) is 90.3 Å². The first-order valence-electron chi connectivity index (χ1n) is 12.4. The molecule has 0 aromatic carbocycles. The zero-order valence-electron chi connectivity index (χ0n) is 18.7. The van der Waals surface area contributed by atoms with E-state index in [1.165, 1.54) is 51.4 Å². The summed E-state index contributed by atoms with van der Waals surface area (Å²) in [4.78, 5) is 0. The van der Waals surface area contributed by atoms with E-state index < -0.39 is 0 Å². The van der Waals surface area contributed by atoms with Crippen molar-refractivity contribution in [2.45, 2.75) is 104 Å². The number of rotatable bonds is 4. The van der Waals surface area contributed by atoms with Gasteiger partial charge in [0.15, 0.2) is 0 Å². The molecule has 1 N–H and O–H groups in total. The van der Waals surface area contributed by atoms with E-state index in [4.69, 9.17) is 0 Å². The van der Waals surface area contributed by atoms with Crippen LogP contribution in [0.15, 0.2) is 0 Å². The van der Waals surface area contributed by atoms with Crippen molar-refractivity contribution in [2.75, 3.05) is 0 Å². The highest BCUT2D eigenvalue weighted by Gasteiger charge is 2.57. The number of aliphatic hydroxyl groups is 1. The summed E-state index contributed by atoms with van der Waals surface area (Å²) >= 11 is 0. The summed E-state index contributed by atoms with van der Waals surface area (Å²) in [7, 11) is 0. The van der Waals surface area contributed by atoms with Crippen LogP contribution in [0.2, 0.25) is 0 Å². The molecule has 4 aliphatic carbocycles. The molecule has 4 saturated carbocycles. The number of aromatic nitrogens is 4. The van der Waals surface area contributed by atoms with Crippen molar-refractivity contribution < 1.29 is 5.11 Å². The molecule has 0 amide bonds. The highest BCUT2D eigenvalue weighted by Crippen LogP contribution is 2.65. The van der Waals surface area contributed by atoms with Crippen molar-refractivity contribution in [1.29, 1.82) is 0 Å². The van der Waals surface area contributed by atoms with Gasteiger partial charge in [-0.1, -0.05) is 13.8 Å². The van der Waals surface area contributed by atoms with Crippen LogP contribution in [0.3, 0.4) is 0 Å². The van der Waals surface area contributed by atoms with Gasteiger partial charge in [0.2, 0.25) is 0 Å². The maximum atomic E-state index is 10.9. The highest BCUT2D eigenvalue weighted by atomic mass is 16.3. The zero-order valence-corrected chi connectivity index (χ0v) is 18.7. The van der Waals surface area contributed by atoms with Gasteiger partial charge in [-0.2, -0.15) is 0 Å². The van der Waals surface area contributed by atoms with E-state index in [1.54, 1.807) is 0 Å². The average molecular weight is 401 g/mol. The van der Waals surface area contributed by atoms with Crippen molar-refractivity contribution in [3.8, 4) is 0 Å². The molecule has 0 unspecified atom stereocenters. The Morgan fingerprint density at radius 3 is 2.62 bits per heavy atom. The lowest BCUT2D eigenvalue weighted by atomic mass is 9.49. The third kappa shape index (κ3) is 3.26. The number of aryl methyl sites for hydroxylation is 2. The van der Waals surface area contributed by atoms with Crippen LogP contribution in [0, 0.1) is 47.8 Å². The van der Waals surface area contributed by atoms with Crippen LogP contribution in [-0.4, -0.2) is 30.9 Å². The second-order valence-corrected chi connectivity index (χ2v) is 11.3. The van der Waals surface area contributed by atoms with E-state index in [9.17, 15) is 5.11 Å². The predicted octanol–water partition coefficient (Wildman–Crippen LogP) is 4.78. The number of fused-ring (bicyclic) bond motifs is 5. The average Bonchev–Trinajstić information content (AvgIpc) is 3.28. The Hall–Kier alpha value is -0.970. The summed E-state index contributed by atoms with van der Waals surface area (Å²) in [6.07, 6.45) is 14.0. The standard InChI is InChI=1S/C24H40N4O/c1-4-24(29)13-10-19-17(15-24)5-7-21-20(19)9-12-23(3)18(6-8-22(21)23)11-14-28-16(2)25-26-27-28/h17-22,29H,4-15H2,1-3H3/t17-,18+,19-,20+,21+,22-,23+,24+/m0/s1. The summed E-state index contributed by atoms with van der Waals surface area (Å²) in [5, 5.41) is 22.9. The van der Waals surface area contributed by atoms with Gasteiger partial charge in [-0.25, -0.2) is 4.68 Å². The first-order chi connectivity index (χ1) is 13.9. The van der Waals surface area contributed by atoms with Gasteiger partial charge in [0.25, 0.3) is 0 Å². The van der Waals surface area contributed by atoms with Crippen LogP contribution in [0.5, 0.6) is 0 Å². The molecule has 8 atom stereocenters.